The Bertz CT molecular complexity index is 861. The van der Waals surface area contributed by atoms with Crippen molar-refractivity contribution in [3.8, 4) is 5.69 Å². The second kappa shape index (κ2) is 9.18. The molecule has 140 valence electrons. The first-order valence-corrected chi connectivity index (χ1v) is 9.81. The van der Waals surface area contributed by atoms with Crippen molar-refractivity contribution in [3.05, 3.63) is 54.6 Å². The van der Waals surface area contributed by atoms with Gasteiger partial charge in [0.25, 0.3) is 0 Å². The Hall–Kier alpha value is -2.87. The van der Waals surface area contributed by atoms with E-state index in [0.717, 1.165) is 30.2 Å². The molecule has 2 aromatic carbocycles. The highest BCUT2D eigenvalue weighted by atomic mass is 32.2. The molecule has 27 heavy (non-hydrogen) atoms. The Morgan fingerprint density at radius 1 is 1.07 bits per heavy atom. The molecule has 0 fully saturated rings. The molecule has 1 N–H and O–H groups in total. The molecule has 0 bridgehead atoms. The van der Waals surface area contributed by atoms with Crippen molar-refractivity contribution in [1.29, 1.82) is 0 Å². The molecule has 7 nitrogen and oxygen atoms in total. The fourth-order valence-electron chi connectivity index (χ4n) is 2.67. The molecule has 3 rings (SSSR count). The van der Waals surface area contributed by atoms with Crippen molar-refractivity contribution in [2.45, 2.75) is 19.0 Å². The zero-order valence-electron chi connectivity index (χ0n) is 15.4. The number of para-hydroxylation sites is 1. The number of tetrazole rings is 1. The van der Waals surface area contributed by atoms with Crippen LogP contribution in [-0.4, -0.2) is 45.0 Å². The fraction of sp³-hybridized carbons (Fsp3) is 0.263. The first-order chi connectivity index (χ1) is 13.2. The van der Waals surface area contributed by atoms with E-state index in [0.29, 0.717) is 5.16 Å². The average Bonchev–Trinajstić information content (AvgIpc) is 3.18. The summed E-state index contributed by atoms with van der Waals surface area (Å²) >= 11 is 1.30. The van der Waals surface area contributed by atoms with Crippen LogP contribution in [0.25, 0.3) is 5.69 Å². The lowest BCUT2D eigenvalue weighted by atomic mass is 10.2. The molecule has 0 saturated heterocycles. The van der Waals surface area contributed by atoms with Crippen LogP contribution in [0.4, 0.5) is 11.4 Å². The number of carbonyl (C=O) groups is 1. The molecule has 0 aliphatic rings. The van der Waals surface area contributed by atoms with Crippen LogP contribution in [0.5, 0.6) is 0 Å². The maximum absolute atomic E-state index is 12.3. The van der Waals surface area contributed by atoms with Gasteiger partial charge in [0.1, 0.15) is 0 Å². The van der Waals surface area contributed by atoms with E-state index in [1.165, 1.54) is 11.8 Å². The van der Waals surface area contributed by atoms with Crippen molar-refractivity contribution in [3.63, 3.8) is 0 Å². The summed E-state index contributed by atoms with van der Waals surface area (Å²) in [7, 11) is 0. The van der Waals surface area contributed by atoms with Gasteiger partial charge in [-0.05, 0) is 60.7 Å². The largest absolute Gasteiger partial charge is 0.372 e. The van der Waals surface area contributed by atoms with E-state index in [1.807, 2.05) is 54.6 Å². The molecule has 3 aromatic rings. The Morgan fingerprint density at radius 2 is 1.78 bits per heavy atom. The molecule has 0 radical (unpaired) electrons. The zero-order valence-corrected chi connectivity index (χ0v) is 16.2. The molecule has 0 aliphatic heterocycles. The summed E-state index contributed by atoms with van der Waals surface area (Å²) in [5, 5.41) is 15.2. The third-order valence-corrected chi connectivity index (χ3v) is 4.97. The average molecular weight is 382 g/mol. The van der Waals surface area contributed by atoms with Crippen LogP contribution < -0.4 is 10.2 Å². The number of amides is 1. The van der Waals surface area contributed by atoms with Gasteiger partial charge in [-0.15, -0.1) is 5.10 Å². The second-order valence-electron chi connectivity index (χ2n) is 5.76. The van der Waals surface area contributed by atoms with Crippen LogP contribution >= 0.6 is 11.8 Å². The Labute approximate surface area is 162 Å². The highest BCUT2D eigenvalue weighted by Crippen LogP contribution is 2.20. The van der Waals surface area contributed by atoms with E-state index in [4.69, 9.17) is 0 Å². The second-order valence-corrected chi connectivity index (χ2v) is 6.71. The number of aromatic nitrogens is 4. The van der Waals surface area contributed by atoms with Crippen LogP contribution in [-0.2, 0) is 4.79 Å². The summed E-state index contributed by atoms with van der Waals surface area (Å²) in [6, 6.07) is 17.5. The number of rotatable bonds is 8. The van der Waals surface area contributed by atoms with Gasteiger partial charge >= 0.3 is 0 Å². The van der Waals surface area contributed by atoms with Crippen molar-refractivity contribution >= 4 is 29.0 Å². The minimum atomic E-state index is -0.0989. The van der Waals surface area contributed by atoms with Gasteiger partial charge in [-0.25, -0.2) is 0 Å². The van der Waals surface area contributed by atoms with Crippen LogP contribution in [0.1, 0.15) is 13.8 Å². The third-order valence-electron chi connectivity index (χ3n) is 4.05. The first kappa shape index (κ1) is 18.9. The molecule has 0 unspecified atom stereocenters. The number of thioether (sulfide) groups is 1. The van der Waals surface area contributed by atoms with E-state index in [-0.39, 0.29) is 11.7 Å². The molecule has 0 aliphatic carbocycles. The number of anilines is 2. The maximum atomic E-state index is 12.3. The molecule has 1 amide bonds. The van der Waals surface area contributed by atoms with E-state index >= 15 is 0 Å². The molecule has 1 heterocycles. The maximum Gasteiger partial charge on any atom is 0.234 e. The lowest BCUT2D eigenvalue weighted by Crippen LogP contribution is -2.21. The van der Waals surface area contributed by atoms with E-state index in [1.54, 1.807) is 4.68 Å². The van der Waals surface area contributed by atoms with Gasteiger partial charge in [-0.2, -0.15) is 4.68 Å². The van der Waals surface area contributed by atoms with Gasteiger partial charge < -0.3 is 10.2 Å². The SMILES string of the molecule is CCN(CC)c1ccc(NC(=O)CSc2nnnn2-c2ccccc2)cc1. The topological polar surface area (TPSA) is 75.9 Å². The standard InChI is InChI=1S/C19H22N6OS/c1-3-24(4-2)16-12-10-15(11-13-16)20-18(26)14-27-19-21-22-23-25(19)17-8-6-5-7-9-17/h5-13H,3-4,14H2,1-2H3,(H,20,26). The summed E-state index contributed by atoms with van der Waals surface area (Å²) in [6.45, 7) is 6.16. The lowest BCUT2D eigenvalue weighted by Gasteiger charge is -2.21. The summed E-state index contributed by atoms with van der Waals surface area (Å²) < 4.78 is 1.62. The predicted octanol–water partition coefficient (Wildman–Crippen LogP) is 3.24. The summed E-state index contributed by atoms with van der Waals surface area (Å²) in [5.41, 5.74) is 2.78. The fourth-order valence-corrected chi connectivity index (χ4v) is 3.36. The van der Waals surface area contributed by atoms with Crippen molar-refractivity contribution in [2.24, 2.45) is 0 Å². The minimum absolute atomic E-state index is 0.0989. The van der Waals surface area contributed by atoms with Gasteiger partial charge in [0.05, 0.1) is 11.4 Å². The van der Waals surface area contributed by atoms with Crippen LogP contribution in [0.3, 0.4) is 0 Å². The number of hydrogen-bond acceptors (Lipinski definition) is 6. The molecule has 0 saturated carbocycles. The van der Waals surface area contributed by atoms with Gasteiger partial charge in [0.2, 0.25) is 11.1 Å². The van der Waals surface area contributed by atoms with E-state index < -0.39 is 0 Å². The minimum Gasteiger partial charge on any atom is -0.372 e. The molecular weight excluding hydrogens is 360 g/mol. The lowest BCUT2D eigenvalue weighted by molar-refractivity contribution is -0.113. The quantitative estimate of drug-likeness (QED) is 0.603. The van der Waals surface area contributed by atoms with Crippen LogP contribution in [0, 0.1) is 0 Å². The Balaban J connectivity index is 1.57. The zero-order chi connectivity index (χ0) is 19.1. The number of nitrogens with zero attached hydrogens (tertiary/aromatic N) is 5. The molecule has 0 atom stereocenters. The summed E-state index contributed by atoms with van der Waals surface area (Å²) in [5.74, 6) is 0.128. The number of nitrogens with one attached hydrogen (secondary N) is 1. The number of carbonyl (C=O) groups excluding carboxylic acids is 1. The highest BCUT2D eigenvalue weighted by molar-refractivity contribution is 7.99. The predicted molar refractivity (Wildman–Crippen MR) is 109 cm³/mol. The van der Waals surface area contributed by atoms with Gasteiger partial charge in [0.15, 0.2) is 0 Å². The third kappa shape index (κ3) is 4.85. The smallest absolute Gasteiger partial charge is 0.234 e. The van der Waals surface area contributed by atoms with Gasteiger partial charge in [-0.1, -0.05) is 30.0 Å². The summed E-state index contributed by atoms with van der Waals surface area (Å²) in [6.07, 6.45) is 0. The molecule has 1 aromatic heterocycles. The Kier molecular flexibility index (Phi) is 6.43. The summed E-state index contributed by atoms with van der Waals surface area (Å²) in [4.78, 5) is 14.5. The highest BCUT2D eigenvalue weighted by Gasteiger charge is 2.11. The van der Waals surface area contributed by atoms with Gasteiger partial charge in [-0.3, -0.25) is 4.79 Å². The molecule has 8 heteroatoms. The van der Waals surface area contributed by atoms with Crippen LogP contribution in [0.15, 0.2) is 59.8 Å². The van der Waals surface area contributed by atoms with E-state index in [2.05, 4.69) is 39.6 Å². The Morgan fingerprint density at radius 3 is 2.44 bits per heavy atom. The van der Waals surface area contributed by atoms with Crippen molar-refractivity contribution < 1.29 is 4.79 Å². The van der Waals surface area contributed by atoms with Crippen molar-refractivity contribution in [1.82, 2.24) is 20.2 Å². The molecular formula is C19H22N6OS. The van der Waals surface area contributed by atoms with E-state index in [9.17, 15) is 4.79 Å². The first-order valence-electron chi connectivity index (χ1n) is 8.82. The van der Waals surface area contributed by atoms with Crippen LogP contribution in [0.2, 0.25) is 0 Å². The van der Waals surface area contributed by atoms with Crippen molar-refractivity contribution in [2.75, 3.05) is 29.1 Å². The van der Waals surface area contributed by atoms with Gasteiger partial charge in [0, 0.05) is 24.5 Å². The number of benzene rings is 2. The number of hydrogen-bond donors (Lipinski definition) is 1. The monoisotopic (exact) mass is 382 g/mol. The molecule has 0 spiro atoms. The normalized spacial score (nSPS) is 10.6.